The first kappa shape index (κ1) is 12.0. The monoisotopic (exact) mass is 247 g/mol. The van der Waals surface area contributed by atoms with E-state index in [-0.39, 0.29) is 12.5 Å². The Morgan fingerprint density at radius 3 is 3.11 bits per heavy atom. The summed E-state index contributed by atoms with van der Waals surface area (Å²) in [7, 11) is 1.61. The summed E-state index contributed by atoms with van der Waals surface area (Å²) < 4.78 is 6.47. The van der Waals surface area contributed by atoms with Crippen molar-refractivity contribution in [3.8, 4) is 5.75 Å². The van der Waals surface area contributed by atoms with Crippen molar-refractivity contribution in [3.05, 3.63) is 36.2 Å². The highest BCUT2D eigenvalue weighted by Crippen LogP contribution is 2.11. The molecule has 1 heterocycles. The fraction of sp³-hybridized carbons (Fsp3) is 0.273. The summed E-state index contributed by atoms with van der Waals surface area (Å²) in [5.74, 6) is 0.618. The van der Waals surface area contributed by atoms with E-state index >= 15 is 0 Å². The van der Waals surface area contributed by atoms with Gasteiger partial charge in [-0.3, -0.25) is 4.79 Å². The molecule has 94 valence electrons. The predicted molar refractivity (Wildman–Crippen MR) is 62.7 cm³/mol. The van der Waals surface area contributed by atoms with Gasteiger partial charge in [-0.05, 0) is 28.1 Å². The van der Waals surface area contributed by atoms with Crippen LogP contribution in [0.15, 0.2) is 30.6 Å². The number of nitrogens with zero attached hydrogens (tertiary/aromatic N) is 4. The lowest BCUT2D eigenvalue weighted by Crippen LogP contribution is -2.27. The molecule has 1 N–H and O–H groups in total. The molecule has 0 spiro atoms. The van der Waals surface area contributed by atoms with Crippen LogP contribution in [0.25, 0.3) is 0 Å². The molecule has 0 aliphatic carbocycles. The molecule has 0 radical (unpaired) electrons. The summed E-state index contributed by atoms with van der Waals surface area (Å²) >= 11 is 0. The van der Waals surface area contributed by atoms with Gasteiger partial charge in [-0.1, -0.05) is 12.1 Å². The topological polar surface area (TPSA) is 81.9 Å². The zero-order chi connectivity index (χ0) is 12.8. The van der Waals surface area contributed by atoms with Gasteiger partial charge in [0.1, 0.15) is 18.6 Å². The van der Waals surface area contributed by atoms with Crippen molar-refractivity contribution in [1.29, 1.82) is 0 Å². The van der Waals surface area contributed by atoms with E-state index in [1.807, 2.05) is 24.3 Å². The molecule has 1 amide bonds. The number of benzene rings is 1. The largest absolute Gasteiger partial charge is 0.497 e. The Morgan fingerprint density at radius 1 is 1.50 bits per heavy atom. The summed E-state index contributed by atoms with van der Waals surface area (Å²) in [5, 5.41) is 13.3. The maximum absolute atomic E-state index is 11.6. The summed E-state index contributed by atoms with van der Waals surface area (Å²) in [4.78, 5) is 11.6. The van der Waals surface area contributed by atoms with E-state index in [4.69, 9.17) is 4.74 Å². The number of amides is 1. The third-order valence-corrected chi connectivity index (χ3v) is 2.32. The maximum Gasteiger partial charge on any atom is 0.242 e. The minimum atomic E-state index is -0.148. The molecule has 0 fully saturated rings. The summed E-state index contributed by atoms with van der Waals surface area (Å²) in [5.41, 5.74) is 0.972. The van der Waals surface area contributed by atoms with Crippen molar-refractivity contribution in [2.75, 3.05) is 7.11 Å². The lowest BCUT2D eigenvalue weighted by atomic mass is 10.2. The normalized spacial score (nSPS) is 10.1. The van der Waals surface area contributed by atoms with E-state index in [1.165, 1.54) is 11.0 Å². The second-order valence-electron chi connectivity index (χ2n) is 3.64. The minimum absolute atomic E-state index is 0.108. The first-order chi connectivity index (χ1) is 8.78. The quantitative estimate of drug-likeness (QED) is 0.804. The number of hydrogen-bond acceptors (Lipinski definition) is 5. The van der Waals surface area contributed by atoms with E-state index in [9.17, 15) is 4.79 Å². The molecule has 7 heteroatoms. The Kier molecular flexibility index (Phi) is 3.85. The first-order valence-corrected chi connectivity index (χ1v) is 5.38. The smallest absolute Gasteiger partial charge is 0.242 e. The van der Waals surface area contributed by atoms with Crippen LogP contribution in [0.4, 0.5) is 0 Å². The summed E-state index contributed by atoms with van der Waals surface area (Å²) in [6.07, 6.45) is 1.39. The van der Waals surface area contributed by atoms with Gasteiger partial charge in [0.25, 0.3) is 0 Å². The summed E-state index contributed by atoms with van der Waals surface area (Å²) in [6.45, 7) is 0.551. The molecule has 1 aromatic heterocycles. The lowest BCUT2D eigenvalue weighted by Gasteiger charge is -2.06. The van der Waals surface area contributed by atoms with Crippen molar-refractivity contribution in [2.45, 2.75) is 13.1 Å². The third-order valence-electron chi connectivity index (χ3n) is 2.32. The van der Waals surface area contributed by atoms with Crippen LogP contribution in [0, 0.1) is 0 Å². The van der Waals surface area contributed by atoms with Crippen molar-refractivity contribution < 1.29 is 9.53 Å². The number of carbonyl (C=O) groups is 1. The van der Waals surface area contributed by atoms with Crippen LogP contribution in [0.3, 0.4) is 0 Å². The first-order valence-electron chi connectivity index (χ1n) is 5.38. The zero-order valence-corrected chi connectivity index (χ0v) is 9.91. The Labute approximate surface area is 104 Å². The Morgan fingerprint density at radius 2 is 2.39 bits per heavy atom. The minimum Gasteiger partial charge on any atom is -0.497 e. The molecular weight excluding hydrogens is 234 g/mol. The Bertz CT molecular complexity index is 512. The molecule has 0 bridgehead atoms. The molecule has 0 aliphatic heterocycles. The van der Waals surface area contributed by atoms with Crippen LogP contribution in [0.5, 0.6) is 5.75 Å². The molecule has 2 aromatic rings. The van der Waals surface area contributed by atoms with Crippen molar-refractivity contribution in [1.82, 2.24) is 25.5 Å². The van der Waals surface area contributed by atoms with E-state index in [1.54, 1.807) is 7.11 Å². The number of rotatable bonds is 5. The fourth-order valence-electron chi connectivity index (χ4n) is 1.44. The number of methoxy groups -OCH3 is 1. The fourth-order valence-corrected chi connectivity index (χ4v) is 1.44. The molecule has 18 heavy (non-hydrogen) atoms. The molecule has 7 nitrogen and oxygen atoms in total. The second kappa shape index (κ2) is 5.76. The van der Waals surface area contributed by atoms with Gasteiger partial charge in [0.2, 0.25) is 5.91 Å². The highest BCUT2D eigenvalue weighted by atomic mass is 16.5. The lowest BCUT2D eigenvalue weighted by molar-refractivity contribution is -0.122. The molecule has 0 atom stereocenters. The van der Waals surface area contributed by atoms with Crippen LogP contribution in [-0.2, 0) is 17.9 Å². The second-order valence-corrected chi connectivity index (χ2v) is 3.64. The van der Waals surface area contributed by atoms with E-state index in [0.717, 1.165) is 11.3 Å². The van der Waals surface area contributed by atoms with Crippen LogP contribution in [0.2, 0.25) is 0 Å². The van der Waals surface area contributed by atoms with Gasteiger partial charge in [-0.15, -0.1) is 5.10 Å². The molecule has 0 saturated heterocycles. The predicted octanol–water partition coefficient (Wildman–Crippen LogP) is -0.00190. The van der Waals surface area contributed by atoms with Crippen molar-refractivity contribution in [2.24, 2.45) is 0 Å². The number of hydrogen-bond donors (Lipinski definition) is 1. The van der Waals surface area contributed by atoms with E-state index in [2.05, 4.69) is 20.8 Å². The molecule has 0 unspecified atom stereocenters. The SMILES string of the molecule is COc1cccc(CNC(=O)Cn2cnnn2)c1. The van der Waals surface area contributed by atoms with Crippen LogP contribution in [-0.4, -0.2) is 33.2 Å². The number of nitrogens with one attached hydrogen (secondary N) is 1. The third kappa shape index (κ3) is 3.27. The van der Waals surface area contributed by atoms with Gasteiger partial charge < -0.3 is 10.1 Å². The summed E-state index contributed by atoms with van der Waals surface area (Å²) in [6, 6.07) is 7.52. The average molecular weight is 247 g/mol. The van der Waals surface area contributed by atoms with Gasteiger partial charge >= 0.3 is 0 Å². The van der Waals surface area contributed by atoms with Gasteiger partial charge in [0.05, 0.1) is 7.11 Å². The standard InChI is InChI=1S/C11H13N5O2/c1-18-10-4-2-3-9(5-10)6-12-11(17)7-16-8-13-14-15-16/h2-5,8H,6-7H2,1H3,(H,12,17). The van der Waals surface area contributed by atoms with Crippen molar-refractivity contribution >= 4 is 5.91 Å². The Hall–Kier alpha value is -2.44. The van der Waals surface area contributed by atoms with Crippen molar-refractivity contribution in [3.63, 3.8) is 0 Å². The Balaban J connectivity index is 1.85. The van der Waals surface area contributed by atoms with Crippen LogP contribution >= 0.6 is 0 Å². The van der Waals surface area contributed by atoms with Gasteiger partial charge in [0.15, 0.2) is 0 Å². The molecule has 0 saturated carbocycles. The highest BCUT2D eigenvalue weighted by molar-refractivity contribution is 5.75. The molecule has 1 aromatic carbocycles. The molecule has 2 rings (SSSR count). The molecular formula is C11H13N5O2. The number of aromatic nitrogens is 4. The average Bonchev–Trinajstić information content (AvgIpc) is 2.89. The maximum atomic E-state index is 11.6. The van der Waals surface area contributed by atoms with Crippen LogP contribution < -0.4 is 10.1 Å². The van der Waals surface area contributed by atoms with Gasteiger partial charge in [-0.2, -0.15) is 0 Å². The number of ether oxygens (including phenoxy) is 1. The highest BCUT2D eigenvalue weighted by Gasteiger charge is 2.03. The molecule has 0 aliphatic rings. The van der Waals surface area contributed by atoms with E-state index in [0.29, 0.717) is 6.54 Å². The number of tetrazole rings is 1. The van der Waals surface area contributed by atoms with Gasteiger partial charge in [0, 0.05) is 6.54 Å². The van der Waals surface area contributed by atoms with Crippen LogP contribution in [0.1, 0.15) is 5.56 Å². The number of carbonyl (C=O) groups excluding carboxylic acids is 1. The van der Waals surface area contributed by atoms with E-state index < -0.39 is 0 Å². The van der Waals surface area contributed by atoms with Gasteiger partial charge in [-0.25, -0.2) is 4.68 Å². The zero-order valence-electron chi connectivity index (χ0n) is 9.91.